The van der Waals surface area contributed by atoms with Gasteiger partial charge in [-0.1, -0.05) is 43.5 Å². The maximum absolute atomic E-state index is 14.0. The topological polar surface area (TPSA) is 102 Å². The number of rotatable bonds is 5. The van der Waals surface area contributed by atoms with Gasteiger partial charge >= 0.3 is 0 Å². The Bertz CT molecular complexity index is 1090. The molecule has 1 saturated carbocycles. The van der Waals surface area contributed by atoms with E-state index >= 15 is 0 Å². The number of fused-ring (bicyclic) bond motifs is 2. The molecule has 7 heteroatoms. The molecular formula is C27H31N3O4. The van der Waals surface area contributed by atoms with Crippen molar-refractivity contribution in [1.29, 1.82) is 0 Å². The van der Waals surface area contributed by atoms with Crippen LogP contribution >= 0.6 is 0 Å². The molecule has 2 fully saturated rings. The number of para-hydroxylation sites is 1. The van der Waals surface area contributed by atoms with E-state index in [1.54, 1.807) is 4.90 Å². The van der Waals surface area contributed by atoms with Crippen molar-refractivity contribution < 1.29 is 19.1 Å². The Balaban J connectivity index is 1.55. The van der Waals surface area contributed by atoms with Gasteiger partial charge in [-0.2, -0.15) is 0 Å². The van der Waals surface area contributed by atoms with Crippen LogP contribution < -0.4 is 16.0 Å². The van der Waals surface area contributed by atoms with Crippen LogP contribution in [0.15, 0.2) is 48.5 Å². The summed E-state index contributed by atoms with van der Waals surface area (Å²) in [7, 11) is 0. The Labute approximate surface area is 199 Å². The van der Waals surface area contributed by atoms with Gasteiger partial charge in [-0.3, -0.25) is 19.3 Å². The molecule has 1 spiro atoms. The van der Waals surface area contributed by atoms with E-state index in [1.807, 2.05) is 48.5 Å². The second-order valence-corrected chi connectivity index (χ2v) is 9.67. The van der Waals surface area contributed by atoms with Gasteiger partial charge < -0.3 is 15.8 Å². The summed E-state index contributed by atoms with van der Waals surface area (Å²) in [6.07, 6.45) is 6.05. The molecule has 1 unspecified atom stereocenters. The van der Waals surface area contributed by atoms with Crippen LogP contribution in [0.2, 0.25) is 0 Å². The minimum absolute atomic E-state index is 0.0160. The summed E-state index contributed by atoms with van der Waals surface area (Å²) in [5, 5.41) is 3.03. The largest absolute Gasteiger partial charge is 0.381 e. The quantitative estimate of drug-likeness (QED) is 0.656. The molecule has 2 heterocycles. The fourth-order valence-electron chi connectivity index (χ4n) is 5.92. The van der Waals surface area contributed by atoms with Gasteiger partial charge in [-0.15, -0.1) is 0 Å². The highest BCUT2D eigenvalue weighted by Gasteiger charge is 2.48. The van der Waals surface area contributed by atoms with Crippen LogP contribution in [-0.4, -0.2) is 30.9 Å². The van der Waals surface area contributed by atoms with Gasteiger partial charge in [0.25, 0.3) is 0 Å². The van der Waals surface area contributed by atoms with E-state index in [4.69, 9.17) is 10.5 Å². The zero-order valence-electron chi connectivity index (χ0n) is 19.3. The van der Waals surface area contributed by atoms with E-state index in [1.165, 1.54) is 0 Å². The second-order valence-electron chi connectivity index (χ2n) is 9.67. The molecule has 34 heavy (non-hydrogen) atoms. The number of ether oxygens (including phenoxy) is 1. The molecule has 3 N–H and O–H groups in total. The number of nitrogens with zero attached hydrogens (tertiary/aromatic N) is 1. The van der Waals surface area contributed by atoms with Crippen molar-refractivity contribution in [3.05, 3.63) is 54.1 Å². The Kier molecular flexibility index (Phi) is 6.13. The number of carbonyl (C=O) groups is 3. The molecule has 1 saturated heterocycles. The lowest BCUT2D eigenvalue weighted by molar-refractivity contribution is -0.134. The number of hydrogen-bond acceptors (Lipinski definition) is 4. The molecule has 0 aromatic heterocycles. The molecule has 5 rings (SSSR count). The minimum Gasteiger partial charge on any atom is -0.381 e. The first-order valence-electron chi connectivity index (χ1n) is 12.2. The lowest BCUT2D eigenvalue weighted by Crippen LogP contribution is -2.44. The summed E-state index contributed by atoms with van der Waals surface area (Å²) in [4.78, 5) is 41.1. The Morgan fingerprint density at radius 1 is 1.00 bits per heavy atom. The van der Waals surface area contributed by atoms with Crippen LogP contribution in [0.4, 0.5) is 17.1 Å². The van der Waals surface area contributed by atoms with Crippen molar-refractivity contribution in [2.24, 2.45) is 17.6 Å². The fraction of sp³-hybridized carbons (Fsp3) is 0.444. The first-order chi connectivity index (χ1) is 16.5. The van der Waals surface area contributed by atoms with Crippen molar-refractivity contribution in [2.75, 3.05) is 23.4 Å². The van der Waals surface area contributed by atoms with Crippen molar-refractivity contribution in [1.82, 2.24) is 0 Å². The van der Waals surface area contributed by atoms with Gasteiger partial charge in [-0.25, -0.2) is 0 Å². The van der Waals surface area contributed by atoms with Crippen LogP contribution in [0.1, 0.15) is 50.5 Å². The summed E-state index contributed by atoms with van der Waals surface area (Å²) >= 11 is 0. The monoisotopic (exact) mass is 461 g/mol. The average molecular weight is 462 g/mol. The van der Waals surface area contributed by atoms with E-state index in [0.717, 1.165) is 37.7 Å². The van der Waals surface area contributed by atoms with Gasteiger partial charge in [0, 0.05) is 24.6 Å². The maximum atomic E-state index is 14.0. The third-order valence-electron chi connectivity index (χ3n) is 7.73. The third kappa shape index (κ3) is 3.88. The molecule has 2 aromatic carbocycles. The number of amides is 3. The smallest absolute Gasteiger partial charge is 0.244 e. The summed E-state index contributed by atoms with van der Waals surface area (Å²) in [5.74, 6) is -1.84. The first-order valence-corrected chi connectivity index (χ1v) is 12.2. The number of anilines is 3. The standard InChI is InChI=1S/C27H31N3O4/c28-24(31)23(18-7-3-1-4-8-18)25(32)30(19-9-5-2-6-10-19)20-11-12-21-22(17-20)29-26(33)27(21)13-15-34-16-14-27/h2,5-6,9-12,17-18,23H,1,3-4,7-8,13-16H2,(H2,28,31)(H,29,33). The number of carbonyl (C=O) groups excluding carboxylic acids is 3. The predicted octanol–water partition coefficient (Wildman–Crippen LogP) is 4.03. The number of primary amides is 1. The first kappa shape index (κ1) is 22.6. The van der Waals surface area contributed by atoms with Crippen molar-refractivity contribution in [2.45, 2.75) is 50.4 Å². The van der Waals surface area contributed by atoms with Crippen LogP contribution in [0, 0.1) is 11.8 Å². The molecule has 3 amide bonds. The summed E-state index contributed by atoms with van der Waals surface area (Å²) in [5.41, 5.74) is 8.17. The number of nitrogens with two attached hydrogens (primary N) is 1. The molecule has 0 bridgehead atoms. The van der Waals surface area contributed by atoms with Crippen LogP contribution in [0.3, 0.4) is 0 Å². The molecular weight excluding hydrogens is 430 g/mol. The normalized spacial score (nSPS) is 20.4. The van der Waals surface area contributed by atoms with Crippen molar-refractivity contribution in [3.8, 4) is 0 Å². The van der Waals surface area contributed by atoms with Crippen LogP contribution in [0.25, 0.3) is 0 Å². The van der Waals surface area contributed by atoms with Crippen LogP contribution in [0.5, 0.6) is 0 Å². The molecule has 0 radical (unpaired) electrons. The highest BCUT2D eigenvalue weighted by Crippen LogP contribution is 2.46. The van der Waals surface area contributed by atoms with Gasteiger partial charge in [0.2, 0.25) is 17.7 Å². The fourth-order valence-corrected chi connectivity index (χ4v) is 5.92. The lowest BCUT2D eigenvalue weighted by atomic mass is 9.75. The highest BCUT2D eigenvalue weighted by atomic mass is 16.5. The second kappa shape index (κ2) is 9.22. The number of nitrogens with one attached hydrogen (secondary N) is 1. The molecule has 1 atom stereocenters. The Morgan fingerprint density at radius 3 is 2.38 bits per heavy atom. The molecule has 2 aromatic rings. The molecule has 1 aliphatic carbocycles. The molecule has 2 aliphatic heterocycles. The molecule has 178 valence electrons. The average Bonchev–Trinajstić information content (AvgIpc) is 3.11. The Hall–Kier alpha value is -3.19. The highest BCUT2D eigenvalue weighted by molar-refractivity contribution is 6.12. The SMILES string of the molecule is NC(=O)C(C(=O)N(c1ccccc1)c1ccc2c(c1)NC(=O)C21CCOCC1)C1CCCCC1. The summed E-state index contributed by atoms with van der Waals surface area (Å²) in [6.45, 7) is 1.09. The third-order valence-corrected chi connectivity index (χ3v) is 7.73. The van der Waals surface area contributed by atoms with Crippen LogP contribution in [-0.2, 0) is 24.5 Å². The zero-order chi connectivity index (χ0) is 23.7. The van der Waals surface area contributed by atoms with E-state index < -0.39 is 17.2 Å². The predicted molar refractivity (Wildman–Crippen MR) is 130 cm³/mol. The zero-order valence-corrected chi connectivity index (χ0v) is 19.3. The van der Waals surface area contributed by atoms with E-state index in [9.17, 15) is 14.4 Å². The van der Waals surface area contributed by atoms with Gasteiger partial charge in [0.15, 0.2) is 0 Å². The van der Waals surface area contributed by atoms with E-state index in [-0.39, 0.29) is 17.7 Å². The molecule has 3 aliphatic rings. The summed E-state index contributed by atoms with van der Waals surface area (Å²) < 4.78 is 5.50. The van der Waals surface area contributed by atoms with E-state index in [2.05, 4.69) is 5.32 Å². The minimum atomic E-state index is -0.884. The Morgan fingerprint density at radius 2 is 1.71 bits per heavy atom. The summed E-state index contributed by atoms with van der Waals surface area (Å²) in [6, 6.07) is 15.0. The van der Waals surface area contributed by atoms with Crippen molar-refractivity contribution >= 4 is 34.8 Å². The molecule has 7 nitrogen and oxygen atoms in total. The maximum Gasteiger partial charge on any atom is 0.244 e. The van der Waals surface area contributed by atoms with E-state index in [0.29, 0.717) is 43.1 Å². The van der Waals surface area contributed by atoms with Gasteiger partial charge in [-0.05, 0) is 61.4 Å². The van der Waals surface area contributed by atoms with Gasteiger partial charge in [0.05, 0.1) is 11.1 Å². The number of hydrogen-bond donors (Lipinski definition) is 2. The lowest BCUT2D eigenvalue weighted by Gasteiger charge is -2.33. The number of benzene rings is 2. The van der Waals surface area contributed by atoms with Crippen molar-refractivity contribution in [3.63, 3.8) is 0 Å². The van der Waals surface area contributed by atoms with Gasteiger partial charge in [0.1, 0.15) is 5.92 Å².